The number of hydrogen-bond acceptors (Lipinski definition) is 9. The van der Waals surface area contributed by atoms with Crippen LogP contribution in [0.4, 0.5) is 5.13 Å². The first-order valence-electron chi connectivity index (χ1n) is 6.30. The smallest absolute Gasteiger partial charge is 0.358 e. The van der Waals surface area contributed by atoms with E-state index < -0.39 is 5.97 Å². The Kier molecular flexibility index (Phi) is 4.99. The summed E-state index contributed by atoms with van der Waals surface area (Å²) in [5.74, 6) is -0.319. The van der Waals surface area contributed by atoms with Gasteiger partial charge in [0.25, 0.3) is 0 Å². The molecule has 0 radical (unpaired) electrons. The molecule has 0 aliphatic rings. The number of Topliss-reactive ketones (excluding diaryl/α,β-unsaturated/α-hetero) is 1. The molecule has 0 amide bonds. The number of hydrogen-bond donors (Lipinski definition) is 1. The van der Waals surface area contributed by atoms with E-state index in [2.05, 4.69) is 20.4 Å². The monoisotopic (exact) mass is 310 g/mol. The van der Waals surface area contributed by atoms with E-state index in [1.54, 1.807) is 6.92 Å². The van der Waals surface area contributed by atoms with Crippen LogP contribution in [0, 0.1) is 0 Å². The molecule has 0 atom stereocenters. The van der Waals surface area contributed by atoms with Crippen LogP contribution in [0.25, 0.3) is 0 Å². The maximum atomic E-state index is 11.8. The number of anilines is 1. The van der Waals surface area contributed by atoms with Crippen molar-refractivity contribution in [1.29, 1.82) is 0 Å². The second kappa shape index (κ2) is 6.93. The van der Waals surface area contributed by atoms with Crippen LogP contribution in [0.5, 0.6) is 0 Å². The summed E-state index contributed by atoms with van der Waals surface area (Å²) in [6.45, 7) is 3.81. The maximum Gasteiger partial charge on any atom is 0.358 e. The predicted octanol–water partition coefficient (Wildman–Crippen LogP) is 1.56. The van der Waals surface area contributed by atoms with Crippen molar-refractivity contribution in [3.05, 3.63) is 22.8 Å². The lowest BCUT2D eigenvalue weighted by atomic mass is 10.3. The Hall–Kier alpha value is -2.29. The second-order valence-corrected chi connectivity index (χ2v) is 4.98. The second-order valence-electron chi connectivity index (χ2n) is 3.99. The normalized spacial score (nSPS) is 10.4. The molecule has 0 spiro atoms. The fraction of sp³-hybridized carbons (Fsp3) is 0.417. The summed E-state index contributed by atoms with van der Waals surface area (Å²) >= 11 is 1.12. The number of carbonyl (C=O) groups is 2. The number of esters is 1. The van der Waals surface area contributed by atoms with Crippen LogP contribution in [0.3, 0.4) is 0 Å². The van der Waals surface area contributed by atoms with Crippen molar-refractivity contribution in [3.8, 4) is 0 Å². The summed E-state index contributed by atoms with van der Waals surface area (Å²) in [5, 5.41) is 6.99. The zero-order valence-electron chi connectivity index (χ0n) is 11.6. The third-order valence-electron chi connectivity index (χ3n) is 2.44. The lowest BCUT2D eigenvalue weighted by molar-refractivity contribution is 0.0517. The quantitative estimate of drug-likeness (QED) is 0.606. The van der Waals surface area contributed by atoms with E-state index in [9.17, 15) is 9.59 Å². The van der Waals surface area contributed by atoms with Gasteiger partial charge in [-0.05, 0) is 6.92 Å². The number of aromatic nitrogens is 3. The minimum absolute atomic E-state index is 0.0506. The van der Waals surface area contributed by atoms with Gasteiger partial charge in [-0.2, -0.15) is 4.98 Å². The predicted molar refractivity (Wildman–Crippen MR) is 74.6 cm³/mol. The number of carbonyl (C=O) groups excluding carboxylic acids is 2. The number of rotatable bonds is 7. The molecule has 8 nitrogen and oxygen atoms in total. The van der Waals surface area contributed by atoms with Gasteiger partial charge in [0.15, 0.2) is 22.9 Å². The Labute approximate surface area is 124 Å². The molecule has 0 aromatic carbocycles. The van der Waals surface area contributed by atoms with E-state index in [1.807, 2.05) is 0 Å². The largest absolute Gasteiger partial charge is 0.461 e. The lowest BCUT2D eigenvalue weighted by Crippen LogP contribution is -2.10. The average Bonchev–Trinajstić information content (AvgIpc) is 3.08. The molecule has 0 fully saturated rings. The summed E-state index contributed by atoms with van der Waals surface area (Å²) < 4.78 is 9.75. The van der Waals surface area contributed by atoms with Crippen LogP contribution in [0.2, 0.25) is 0 Å². The first kappa shape index (κ1) is 15.1. The topological polar surface area (TPSA) is 107 Å². The molecule has 2 aromatic rings. The first-order chi connectivity index (χ1) is 10.1. The molecule has 0 aliphatic heterocycles. The van der Waals surface area contributed by atoms with Gasteiger partial charge in [0.1, 0.15) is 4.88 Å². The van der Waals surface area contributed by atoms with Gasteiger partial charge in [-0.3, -0.25) is 4.79 Å². The van der Waals surface area contributed by atoms with Crippen molar-refractivity contribution < 1.29 is 18.8 Å². The van der Waals surface area contributed by atoms with Crippen LogP contribution < -0.4 is 5.32 Å². The van der Waals surface area contributed by atoms with Gasteiger partial charge in [0.2, 0.25) is 5.89 Å². The third-order valence-corrected chi connectivity index (χ3v) is 3.55. The zero-order valence-corrected chi connectivity index (χ0v) is 12.4. The SMILES string of the molecule is CCOC(=O)c1nc(NCCc2ncno2)sc1C(C)=O. The van der Waals surface area contributed by atoms with Crippen molar-refractivity contribution in [1.82, 2.24) is 15.1 Å². The zero-order chi connectivity index (χ0) is 15.2. The Morgan fingerprint density at radius 3 is 2.90 bits per heavy atom. The lowest BCUT2D eigenvalue weighted by Gasteiger charge is -1.99. The average molecular weight is 310 g/mol. The number of ketones is 1. The van der Waals surface area contributed by atoms with E-state index in [4.69, 9.17) is 9.26 Å². The summed E-state index contributed by atoms with van der Waals surface area (Å²) in [7, 11) is 0. The molecule has 2 rings (SSSR count). The molecule has 2 aromatic heterocycles. The van der Waals surface area contributed by atoms with Crippen molar-refractivity contribution in [2.75, 3.05) is 18.5 Å². The standard InChI is InChI=1S/C12H14N4O4S/c1-3-19-11(18)9-10(7(2)17)21-12(16-9)13-5-4-8-14-6-15-20-8/h6H,3-5H2,1-2H3,(H,13,16). The van der Waals surface area contributed by atoms with Crippen LogP contribution in [0.15, 0.2) is 10.9 Å². The van der Waals surface area contributed by atoms with Crippen molar-refractivity contribution >= 4 is 28.2 Å². The molecule has 9 heteroatoms. The van der Waals surface area contributed by atoms with E-state index >= 15 is 0 Å². The number of thiazole rings is 1. The number of nitrogens with one attached hydrogen (secondary N) is 1. The molecular formula is C12H14N4O4S. The van der Waals surface area contributed by atoms with Crippen molar-refractivity contribution in [2.45, 2.75) is 20.3 Å². The van der Waals surface area contributed by atoms with E-state index in [1.165, 1.54) is 13.3 Å². The molecule has 112 valence electrons. The van der Waals surface area contributed by atoms with Crippen LogP contribution in [0.1, 0.15) is 39.9 Å². The van der Waals surface area contributed by atoms with Crippen molar-refractivity contribution in [3.63, 3.8) is 0 Å². The molecule has 1 N–H and O–H groups in total. The highest BCUT2D eigenvalue weighted by Crippen LogP contribution is 2.24. The van der Waals surface area contributed by atoms with Crippen LogP contribution in [-0.4, -0.2) is 40.0 Å². The van der Waals surface area contributed by atoms with Gasteiger partial charge < -0.3 is 14.6 Å². The molecule has 2 heterocycles. The summed E-state index contributed by atoms with van der Waals surface area (Å²) in [5.41, 5.74) is 0.0506. The molecule has 0 saturated carbocycles. The highest BCUT2D eigenvalue weighted by molar-refractivity contribution is 7.17. The summed E-state index contributed by atoms with van der Waals surface area (Å²) in [6.07, 6.45) is 1.84. The van der Waals surface area contributed by atoms with Gasteiger partial charge in [-0.25, -0.2) is 9.78 Å². The Bertz CT molecular complexity index is 623. The molecular weight excluding hydrogens is 296 g/mol. The molecule has 0 bridgehead atoms. The molecule has 0 saturated heterocycles. The number of nitrogens with zero attached hydrogens (tertiary/aromatic N) is 3. The molecule has 21 heavy (non-hydrogen) atoms. The highest BCUT2D eigenvalue weighted by atomic mass is 32.1. The molecule has 0 unspecified atom stereocenters. The third kappa shape index (κ3) is 3.85. The molecule has 0 aliphatic carbocycles. The maximum absolute atomic E-state index is 11.8. The highest BCUT2D eigenvalue weighted by Gasteiger charge is 2.22. The van der Waals surface area contributed by atoms with Crippen LogP contribution >= 0.6 is 11.3 Å². The van der Waals surface area contributed by atoms with Gasteiger partial charge in [0, 0.05) is 19.9 Å². The Morgan fingerprint density at radius 1 is 1.48 bits per heavy atom. The van der Waals surface area contributed by atoms with Gasteiger partial charge in [-0.15, -0.1) is 0 Å². The number of ether oxygens (including phenoxy) is 1. The van der Waals surface area contributed by atoms with E-state index in [0.29, 0.717) is 24.0 Å². The first-order valence-corrected chi connectivity index (χ1v) is 7.11. The van der Waals surface area contributed by atoms with E-state index in [-0.39, 0.29) is 23.0 Å². The van der Waals surface area contributed by atoms with E-state index in [0.717, 1.165) is 11.3 Å². The van der Waals surface area contributed by atoms with Gasteiger partial charge in [0.05, 0.1) is 6.61 Å². The minimum Gasteiger partial charge on any atom is -0.461 e. The van der Waals surface area contributed by atoms with Gasteiger partial charge in [-0.1, -0.05) is 16.5 Å². The Morgan fingerprint density at radius 2 is 2.29 bits per heavy atom. The van der Waals surface area contributed by atoms with Crippen LogP contribution in [-0.2, 0) is 11.2 Å². The fourth-order valence-corrected chi connectivity index (χ4v) is 2.43. The van der Waals surface area contributed by atoms with Gasteiger partial charge >= 0.3 is 5.97 Å². The fourth-order valence-electron chi connectivity index (χ4n) is 1.55. The summed E-state index contributed by atoms with van der Waals surface area (Å²) in [4.78, 5) is 31.6. The minimum atomic E-state index is -0.594. The summed E-state index contributed by atoms with van der Waals surface area (Å²) in [6, 6.07) is 0. The Balaban J connectivity index is 2.04. The van der Waals surface area contributed by atoms with Crippen molar-refractivity contribution in [2.24, 2.45) is 0 Å².